The van der Waals surface area contributed by atoms with Crippen LogP contribution >= 0.6 is 0 Å². The third-order valence-corrected chi connectivity index (χ3v) is 5.22. The van der Waals surface area contributed by atoms with Crippen molar-refractivity contribution in [3.05, 3.63) is 83.9 Å². The molecule has 0 bridgehead atoms. The second-order valence-electron chi connectivity index (χ2n) is 8.82. The van der Waals surface area contributed by atoms with Crippen molar-refractivity contribution < 1.29 is 38.5 Å². The van der Waals surface area contributed by atoms with Crippen LogP contribution < -0.4 is 10.6 Å². The summed E-state index contributed by atoms with van der Waals surface area (Å²) in [7, 11) is 0. The first-order chi connectivity index (χ1) is 18.2. The zero-order valence-electron chi connectivity index (χ0n) is 21.6. The highest BCUT2D eigenvalue weighted by Crippen LogP contribution is 2.11. The van der Waals surface area contributed by atoms with Crippen LogP contribution in [0, 0.1) is 5.92 Å². The van der Waals surface area contributed by atoms with Crippen molar-refractivity contribution in [1.29, 1.82) is 0 Å². The number of benzene rings is 2. The highest BCUT2D eigenvalue weighted by Gasteiger charge is 2.28. The number of hydrogen-bond acceptors (Lipinski definition) is 8. The predicted molar refractivity (Wildman–Crippen MR) is 139 cm³/mol. The number of aliphatic hydroxyl groups excluding tert-OH is 1. The van der Waals surface area contributed by atoms with Crippen LogP contribution in [0.4, 0.5) is 4.79 Å². The molecule has 0 spiro atoms. The van der Waals surface area contributed by atoms with Gasteiger partial charge in [0.1, 0.15) is 25.9 Å². The molecule has 10 heteroatoms. The molecule has 0 fully saturated rings. The first-order valence-corrected chi connectivity index (χ1v) is 12.2. The van der Waals surface area contributed by atoms with E-state index in [4.69, 9.17) is 14.2 Å². The fourth-order valence-electron chi connectivity index (χ4n) is 3.27. The molecule has 0 radical (unpaired) electrons. The van der Waals surface area contributed by atoms with Crippen LogP contribution in [0.25, 0.3) is 0 Å². The third kappa shape index (κ3) is 10.4. The molecule has 2 aromatic carbocycles. The van der Waals surface area contributed by atoms with Gasteiger partial charge < -0.3 is 30.0 Å². The van der Waals surface area contributed by atoms with E-state index in [1.165, 1.54) is 6.08 Å². The normalized spacial score (nSPS) is 12.1. The lowest BCUT2D eigenvalue weighted by Gasteiger charge is -2.22. The van der Waals surface area contributed by atoms with E-state index in [9.17, 15) is 24.3 Å². The average Bonchev–Trinajstić information content (AvgIpc) is 2.92. The van der Waals surface area contributed by atoms with Crippen LogP contribution in [0.1, 0.15) is 41.8 Å². The lowest BCUT2D eigenvalue weighted by molar-refractivity contribution is -0.148. The molecule has 38 heavy (non-hydrogen) atoms. The van der Waals surface area contributed by atoms with Crippen molar-refractivity contribution >= 4 is 23.9 Å². The number of hydrogen-bond donors (Lipinski definition) is 3. The summed E-state index contributed by atoms with van der Waals surface area (Å²) >= 11 is 0. The molecular formula is C28H34N2O8. The van der Waals surface area contributed by atoms with Crippen molar-refractivity contribution in [1.82, 2.24) is 10.6 Å². The Bertz CT molecular complexity index is 1070. The number of ether oxygens (including phenoxy) is 3. The fraction of sp³-hybridized carbons (Fsp3) is 0.357. The van der Waals surface area contributed by atoms with Gasteiger partial charge in [-0.25, -0.2) is 14.4 Å². The molecule has 0 aliphatic heterocycles. The Hall–Kier alpha value is -4.18. The lowest BCUT2D eigenvalue weighted by atomic mass is 10.0. The van der Waals surface area contributed by atoms with Gasteiger partial charge in [-0.05, 0) is 35.6 Å². The molecule has 3 N–H and O–H groups in total. The number of rotatable bonds is 14. The van der Waals surface area contributed by atoms with Crippen molar-refractivity contribution in [2.24, 2.45) is 5.92 Å². The Balaban J connectivity index is 1.88. The minimum Gasteiger partial charge on any atom is -0.460 e. The van der Waals surface area contributed by atoms with E-state index in [0.29, 0.717) is 11.1 Å². The minimum atomic E-state index is -1.28. The van der Waals surface area contributed by atoms with E-state index >= 15 is 0 Å². The Morgan fingerprint density at radius 2 is 1.50 bits per heavy atom. The second-order valence-corrected chi connectivity index (χ2v) is 8.82. The van der Waals surface area contributed by atoms with Gasteiger partial charge in [-0.2, -0.15) is 0 Å². The number of carbonyl (C=O) groups is 4. The van der Waals surface area contributed by atoms with Gasteiger partial charge in [0.05, 0.1) is 12.2 Å². The molecule has 0 saturated carbocycles. The van der Waals surface area contributed by atoms with Crippen LogP contribution in [0.2, 0.25) is 0 Å². The summed E-state index contributed by atoms with van der Waals surface area (Å²) in [5.74, 6) is -1.93. The van der Waals surface area contributed by atoms with Gasteiger partial charge in [0.15, 0.2) is 6.04 Å². The molecule has 2 amide bonds. The maximum atomic E-state index is 12.7. The Kier molecular flexibility index (Phi) is 12.5. The van der Waals surface area contributed by atoms with Crippen molar-refractivity contribution in [3.8, 4) is 0 Å². The van der Waals surface area contributed by atoms with Crippen LogP contribution in [0.15, 0.2) is 67.3 Å². The average molecular weight is 527 g/mol. The van der Waals surface area contributed by atoms with Crippen LogP contribution in [0.5, 0.6) is 0 Å². The topological polar surface area (TPSA) is 140 Å². The number of aliphatic hydroxyl groups is 1. The first-order valence-electron chi connectivity index (χ1n) is 12.2. The molecule has 2 atom stereocenters. The molecule has 204 valence electrons. The van der Waals surface area contributed by atoms with Gasteiger partial charge in [0, 0.05) is 0 Å². The Morgan fingerprint density at radius 3 is 2.11 bits per heavy atom. The summed E-state index contributed by atoms with van der Waals surface area (Å²) in [5, 5.41) is 14.3. The molecule has 0 heterocycles. The standard InChI is InChI=1S/C28H34N2O8/c1-4-14-36-27(34)24(16-31)29-25(32)23(15-19(2)3)30-28(35)38-18-21-10-12-22(13-11-21)26(33)37-17-20-8-6-5-7-9-20/h4-13,19,23-24,31H,1,14-18H2,2-3H3,(H,29,32)(H,30,35)/t23-,24-/m0/s1. The van der Waals surface area contributed by atoms with Gasteiger partial charge in [-0.1, -0.05) is 69.0 Å². The van der Waals surface area contributed by atoms with E-state index in [-0.39, 0.29) is 32.2 Å². The number of alkyl carbamates (subject to hydrolysis) is 1. The quantitative estimate of drug-likeness (QED) is 0.194. The maximum Gasteiger partial charge on any atom is 0.408 e. The summed E-state index contributed by atoms with van der Waals surface area (Å²) in [5.41, 5.74) is 1.85. The molecule has 2 aromatic rings. The van der Waals surface area contributed by atoms with E-state index < -0.39 is 42.6 Å². The first kappa shape index (κ1) is 30.0. The summed E-state index contributed by atoms with van der Waals surface area (Å²) < 4.78 is 15.4. The molecule has 0 saturated heterocycles. The zero-order chi connectivity index (χ0) is 27.9. The summed E-state index contributed by atoms with van der Waals surface area (Å²) in [4.78, 5) is 49.3. The van der Waals surface area contributed by atoms with Gasteiger partial charge in [-0.3, -0.25) is 4.79 Å². The van der Waals surface area contributed by atoms with Crippen molar-refractivity contribution in [2.45, 2.75) is 45.6 Å². The molecule has 10 nitrogen and oxygen atoms in total. The number of carbonyl (C=O) groups excluding carboxylic acids is 4. The van der Waals surface area contributed by atoms with Gasteiger partial charge >= 0.3 is 18.0 Å². The van der Waals surface area contributed by atoms with Crippen LogP contribution in [-0.2, 0) is 37.0 Å². The molecule has 0 aliphatic rings. The van der Waals surface area contributed by atoms with Gasteiger partial charge in [-0.15, -0.1) is 0 Å². The largest absolute Gasteiger partial charge is 0.460 e. The minimum absolute atomic E-state index is 0.0283. The maximum absolute atomic E-state index is 12.7. The van der Waals surface area contributed by atoms with E-state index in [1.807, 2.05) is 44.2 Å². The highest BCUT2D eigenvalue weighted by atomic mass is 16.6. The molecule has 0 aliphatic carbocycles. The summed E-state index contributed by atoms with van der Waals surface area (Å²) in [6.45, 7) is 6.47. The monoisotopic (exact) mass is 526 g/mol. The van der Waals surface area contributed by atoms with Crippen LogP contribution in [0.3, 0.4) is 0 Å². The number of esters is 2. The molecule has 0 aromatic heterocycles. The van der Waals surface area contributed by atoms with Crippen molar-refractivity contribution in [3.63, 3.8) is 0 Å². The smallest absolute Gasteiger partial charge is 0.408 e. The number of amides is 2. The second kappa shape index (κ2) is 15.8. The summed E-state index contributed by atoms with van der Waals surface area (Å²) in [6, 6.07) is 13.4. The molecular weight excluding hydrogens is 492 g/mol. The van der Waals surface area contributed by atoms with Gasteiger partial charge in [0.25, 0.3) is 0 Å². The Morgan fingerprint density at radius 1 is 0.868 bits per heavy atom. The lowest BCUT2D eigenvalue weighted by Crippen LogP contribution is -2.53. The van der Waals surface area contributed by atoms with Crippen LogP contribution in [-0.4, -0.2) is 54.3 Å². The zero-order valence-corrected chi connectivity index (χ0v) is 21.6. The van der Waals surface area contributed by atoms with Crippen molar-refractivity contribution in [2.75, 3.05) is 13.2 Å². The van der Waals surface area contributed by atoms with Gasteiger partial charge in [0.2, 0.25) is 5.91 Å². The Labute approximate surface area is 222 Å². The third-order valence-electron chi connectivity index (χ3n) is 5.22. The highest BCUT2D eigenvalue weighted by molar-refractivity contribution is 5.90. The SMILES string of the molecule is C=CCOC(=O)[C@H](CO)NC(=O)[C@H](CC(C)C)NC(=O)OCc1ccc(C(=O)OCc2ccccc2)cc1. The number of nitrogens with one attached hydrogen (secondary N) is 2. The molecule has 2 rings (SSSR count). The van der Waals surface area contributed by atoms with E-state index in [0.717, 1.165) is 5.56 Å². The summed E-state index contributed by atoms with van der Waals surface area (Å²) in [6.07, 6.45) is 0.783. The van der Waals surface area contributed by atoms with E-state index in [2.05, 4.69) is 17.2 Å². The molecule has 0 unspecified atom stereocenters. The fourth-order valence-corrected chi connectivity index (χ4v) is 3.27. The van der Waals surface area contributed by atoms with E-state index in [1.54, 1.807) is 24.3 Å². The predicted octanol–water partition coefficient (Wildman–Crippen LogP) is 2.89.